The van der Waals surface area contributed by atoms with E-state index in [9.17, 15) is 0 Å². The third-order valence-electron chi connectivity index (χ3n) is 14.9. The molecular weight excluding hydrogens is 823 g/mol. The molecule has 11 aromatic carbocycles. The Bertz CT molecular complexity index is 4120. The van der Waals surface area contributed by atoms with Gasteiger partial charge in [0.25, 0.3) is 0 Å². The summed E-state index contributed by atoms with van der Waals surface area (Å²) in [5.41, 5.74) is 19.2. The predicted octanol–water partition coefficient (Wildman–Crippen LogP) is 17.6. The topological polar surface area (TPSA) is 12.6 Å². The third-order valence-corrected chi connectivity index (χ3v) is 14.9. The molecule has 0 fully saturated rings. The van der Waals surface area contributed by atoms with Crippen molar-refractivity contribution in [2.24, 2.45) is 0 Å². The van der Waals surface area contributed by atoms with E-state index >= 15 is 0 Å². The maximum Gasteiger partial charge on any atom is 0.131 e. The molecule has 0 atom stereocenters. The Morgan fingerprint density at radius 1 is 0.338 bits per heavy atom. The van der Waals surface area contributed by atoms with Gasteiger partial charge in [-0.15, -0.1) is 0 Å². The van der Waals surface area contributed by atoms with Crippen LogP contribution in [0.2, 0.25) is 0 Å². The van der Waals surface area contributed by atoms with Crippen molar-refractivity contribution in [3.8, 4) is 39.1 Å². The average molecular weight is 868 g/mol. The van der Waals surface area contributed by atoms with E-state index in [1.807, 2.05) is 0 Å². The van der Waals surface area contributed by atoms with Crippen molar-refractivity contribution in [1.82, 2.24) is 8.97 Å². The lowest BCUT2D eigenvalue weighted by molar-refractivity contribution is 0.660. The zero-order chi connectivity index (χ0) is 45.1. The van der Waals surface area contributed by atoms with Gasteiger partial charge in [-0.1, -0.05) is 178 Å². The van der Waals surface area contributed by atoms with Crippen LogP contribution in [-0.4, -0.2) is 8.97 Å². The van der Waals surface area contributed by atoms with Crippen LogP contribution in [0.15, 0.2) is 237 Å². The predicted molar refractivity (Wildman–Crippen MR) is 287 cm³/mol. The quantitative estimate of drug-likeness (QED) is 0.152. The molecule has 0 saturated carbocycles. The molecule has 1 aliphatic rings. The second kappa shape index (κ2) is 14.7. The highest BCUT2D eigenvalue weighted by molar-refractivity contribution is 6.26. The average Bonchev–Trinajstić information content (AvgIpc) is 4.00. The molecule has 0 spiro atoms. The number of benzene rings is 11. The number of rotatable bonds is 6. The normalized spacial score (nSPS) is 13.0. The molecule has 3 nitrogen and oxygen atoms in total. The Morgan fingerprint density at radius 3 is 1.54 bits per heavy atom. The Kier molecular flexibility index (Phi) is 8.33. The molecule has 0 bridgehead atoms. The summed E-state index contributed by atoms with van der Waals surface area (Å²) in [6.07, 6.45) is 0. The minimum absolute atomic E-state index is 0.125. The van der Waals surface area contributed by atoms with Gasteiger partial charge in [0.1, 0.15) is 5.65 Å². The molecule has 0 aliphatic heterocycles. The molecule has 14 rings (SSSR count). The first-order valence-corrected chi connectivity index (χ1v) is 23.7. The monoisotopic (exact) mass is 867 g/mol. The van der Waals surface area contributed by atoms with E-state index in [0.29, 0.717) is 0 Å². The zero-order valence-corrected chi connectivity index (χ0v) is 37.9. The van der Waals surface area contributed by atoms with Gasteiger partial charge in [0.2, 0.25) is 0 Å². The van der Waals surface area contributed by atoms with E-state index in [1.165, 1.54) is 93.2 Å². The number of para-hydroxylation sites is 3. The molecule has 2 aromatic heterocycles. The largest absolute Gasteiger partial charge is 0.310 e. The number of hydrogen-bond donors (Lipinski definition) is 0. The number of imidazole rings is 1. The van der Waals surface area contributed by atoms with Crippen molar-refractivity contribution < 1.29 is 0 Å². The molecule has 0 radical (unpaired) electrons. The van der Waals surface area contributed by atoms with Gasteiger partial charge >= 0.3 is 0 Å². The minimum Gasteiger partial charge on any atom is -0.310 e. The first kappa shape index (κ1) is 38.6. The lowest BCUT2D eigenvalue weighted by Gasteiger charge is -2.28. The summed E-state index contributed by atoms with van der Waals surface area (Å²) in [4.78, 5) is 2.42. The molecule has 3 heteroatoms. The fraction of sp³-hybridized carbons (Fsp3) is 0.0462. The van der Waals surface area contributed by atoms with Gasteiger partial charge in [0.05, 0.1) is 16.6 Å². The van der Waals surface area contributed by atoms with E-state index < -0.39 is 0 Å². The number of hydrogen-bond acceptors (Lipinski definition) is 1. The molecular formula is C65H45N3. The summed E-state index contributed by atoms with van der Waals surface area (Å²) in [7, 11) is 0. The van der Waals surface area contributed by atoms with Crippen molar-refractivity contribution >= 4 is 77.0 Å². The van der Waals surface area contributed by atoms with Gasteiger partial charge in [-0.05, 0) is 144 Å². The van der Waals surface area contributed by atoms with Crippen LogP contribution in [0.4, 0.5) is 17.1 Å². The third kappa shape index (κ3) is 5.60. The highest BCUT2D eigenvalue weighted by Crippen LogP contribution is 2.51. The molecule has 320 valence electrons. The SMILES string of the molecule is CC1(C)c2ccccc2-c2ccc(N(c3ccc(-c4ccccc4)cc3)c3ccc(-n4c5ccccc5n5c6ccccc6c(-c6ccc7c8ccccc8c8ccccc8c7c6)c45)cc3)cc21. The van der Waals surface area contributed by atoms with Crippen LogP contribution in [0.5, 0.6) is 0 Å². The summed E-state index contributed by atoms with van der Waals surface area (Å²) in [5, 5.41) is 8.89. The number of anilines is 3. The fourth-order valence-corrected chi connectivity index (χ4v) is 11.7. The lowest BCUT2D eigenvalue weighted by atomic mass is 9.82. The van der Waals surface area contributed by atoms with Crippen molar-refractivity contribution in [3.05, 3.63) is 248 Å². The van der Waals surface area contributed by atoms with Crippen molar-refractivity contribution in [3.63, 3.8) is 0 Å². The van der Waals surface area contributed by atoms with Crippen LogP contribution in [0, 0.1) is 0 Å². The van der Waals surface area contributed by atoms with E-state index in [2.05, 4.69) is 264 Å². The molecule has 68 heavy (non-hydrogen) atoms. The Hall–Kier alpha value is -8.66. The zero-order valence-electron chi connectivity index (χ0n) is 37.9. The second-order valence-electron chi connectivity index (χ2n) is 18.9. The Balaban J connectivity index is 0.965. The van der Waals surface area contributed by atoms with Gasteiger partial charge in [-0.3, -0.25) is 8.97 Å². The second-order valence-corrected chi connectivity index (χ2v) is 18.9. The minimum atomic E-state index is -0.125. The van der Waals surface area contributed by atoms with Crippen molar-refractivity contribution in [2.45, 2.75) is 19.3 Å². The van der Waals surface area contributed by atoms with Crippen LogP contribution in [0.25, 0.3) is 99.0 Å². The highest BCUT2D eigenvalue weighted by Gasteiger charge is 2.36. The fourth-order valence-electron chi connectivity index (χ4n) is 11.7. The van der Waals surface area contributed by atoms with Crippen molar-refractivity contribution in [2.75, 3.05) is 4.90 Å². The van der Waals surface area contributed by atoms with E-state index in [4.69, 9.17) is 0 Å². The number of fused-ring (bicyclic) bond motifs is 14. The van der Waals surface area contributed by atoms with Crippen LogP contribution in [0.3, 0.4) is 0 Å². The molecule has 0 amide bonds. The summed E-state index contributed by atoms with van der Waals surface area (Å²) >= 11 is 0. The van der Waals surface area contributed by atoms with Crippen LogP contribution < -0.4 is 4.90 Å². The maximum absolute atomic E-state index is 2.48. The maximum atomic E-state index is 2.48. The van der Waals surface area contributed by atoms with Gasteiger partial charge < -0.3 is 4.90 Å². The smallest absolute Gasteiger partial charge is 0.131 e. The van der Waals surface area contributed by atoms with Crippen molar-refractivity contribution in [1.29, 1.82) is 0 Å². The summed E-state index contributed by atoms with van der Waals surface area (Å²) in [6, 6.07) is 87.4. The van der Waals surface area contributed by atoms with Crippen LogP contribution in [0.1, 0.15) is 25.0 Å². The van der Waals surface area contributed by atoms with Gasteiger partial charge in [-0.25, -0.2) is 0 Å². The Morgan fingerprint density at radius 2 is 0.838 bits per heavy atom. The lowest BCUT2D eigenvalue weighted by Crippen LogP contribution is -2.16. The van der Waals surface area contributed by atoms with Gasteiger partial charge in [0.15, 0.2) is 0 Å². The summed E-state index contributed by atoms with van der Waals surface area (Å²) in [6.45, 7) is 4.72. The van der Waals surface area contributed by atoms with Gasteiger partial charge in [0, 0.05) is 39.1 Å². The van der Waals surface area contributed by atoms with Gasteiger partial charge in [-0.2, -0.15) is 0 Å². The summed E-state index contributed by atoms with van der Waals surface area (Å²) < 4.78 is 4.95. The van der Waals surface area contributed by atoms with E-state index in [-0.39, 0.29) is 5.41 Å². The molecule has 2 heterocycles. The first-order chi connectivity index (χ1) is 33.5. The van der Waals surface area contributed by atoms with Crippen LogP contribution in [-0.2, 0) is 5.41 Å². The molecule has 0 saturated heterocycles. The molecule has 0 N–H and O–H groups in total. The summed E-state index contributed by atoms with van der Waals surface area (Å²) in [5.74, 6) is 0. The van der Waals surface area contributed by atoms with E-state index in [1.54, 1.807) is 0 Å². The van der Waals surface area contributed by atoms with Crippen LogP contribution >= 0.6 is 0 Å². The first-order valence-electron chi connectivity index (χ1n) is 23.7. The Labute approximate surface area is 395 Å². The van der Waals surface area contributed by atoms with E-state index in [0.717, 1.165) is 33.9 Å². The number of nitrogens with zero attached hydrogens (tertiary/aromatic N) is 3. The standard InChI is InChI=1S/C65H45N3/c1-65(2)58-24-12-10-22-54(58)55-39-37-48(41-59(55)65)66(45-31-28-43(29-32-45)42-16-4-3-5-17-42)46-33-35-47(36-34-46)67-61-26-14-15-27-62(61)68-60-25-13-11-23-56(60)63(64(67)68)44-30-38-53-51-20-7-6-18-49(51)50-19-8-9-21-52(50)57(53)40-44/h3-41H,1-2H3. The molecule has 13 aromatic rings. The number of aromatic nitrogens is 2. The highest BCUT2D eigenvalue weighted by atomic mass is 15.2. The molecule has 0 unspecified atom stereocenters. The molecule has 1 aliphatic carbocycles.